The minimum absolute atomic E-state index is 0.0754. The van der Waals surface area contributed by atoms with Crippen LogP contribution in [-0.2, 0) is 4.79 Å². The predicted molar refractivity (Wildman–Crippen MR) is 56.1 cm³/mol. The third-order valence-corrected chi connectivity index (χ3v) is 1.84. The molecule has 5 heteroatoms. The van der Waals surface area contributed by atoms with Crippen molar-refractivity contribution in [3.63, 3.8) is 0 Å². The summed E-state index contributed by atoms with van der Waals surface area (Å²) in [6, 6.07) is 3.39. The van der Waals surface area contributed by atoms with Crippen LogP contribution in [0.25, 0.3) is 0 Å². The summed E-state index contributed by atoms with van der Waals surface area (Å²) in [5.74, 6) is -0.289. The molecular formula is C10H14N2O3. The highest BCUT2D eigenvalue weighted by Crippen LogP contribution is 2.12. The molecule has 1 aromatic heterocycles. The van der Waals surface area contributed by atoms with E-state index in [4.69, 9.17) is 9.84 Å². The first-order valence-electron chi connectivity index (χ1n) is 4.60. The van der Waals surface area contributed by atoms with Gasteiger partial charge in [0.25, 0.3) is 0 Å². The monoisotopic (exact) mass is 210 g/mol. The van der Waals surface area contributed by atoms with Gasteiger partial charge >= 0.3 is 5.97 Å². The van der Waals surface area contributed by atoms with Crippen molar-refractivity contribution in [3.05, 3.63) is 18.3 Å². The van der Waals surface area contributed by atoms with Crippen LogP contribution in [0.2, 0.25) is 0 Å². The Morgan fingerprint density at radius 1 is 1.67 bits per heavy atom. The zero-order valence-electron chi connectivity index (χ0n) is 8.73. The molecule has 82 valence electrons. The summed E-state index contributed by atoms with van der Waals surface area (Å²) < 4.78 is 4.91. The minimum atomic E-state index is -0.823. The number of aliphatic carboxylic acids is 1. The van der Waals surface area contributed by atoms with Crippen LogP contribution in [0.1, 0.15) is 13.3 Å². The molecule has 1 unspecified atom stereocenters. The summed E-state index contributed by atoms with van der Waals surface area (Å²) in [4.78, 5) is 14.4. The van der Waals surface area contributed by atoms with Gasteiger partial charge in [-0.15, -0.1) is 0 Å². The van der Waals surface area contributed by atoms with Crippen molar-refractivity contribution in [2.75, 3.05) is 12.4 Å². The van der Waals surface area contributed by atoms with Crippen LogP contribution in [0.15, 0.2) is 18.3 Å². The van der Waals surface area contributed by atoms with Gasteiger partial charge in [-0.05, 0) is 13.0 Å². The number of carboxylic acids is 1. The lowest BCUT2D eigenvalue weighted by Gasteiger charge is -2.12. The Kier molecular flexibility index (Phi) is 3.91. The van der Waals surface area contributed by atoms with E-state index in [9.17, 15) is 4.79 Å². The molecule has 0 aliphatic rings. The molecule has 0 bridgehead atoms. The molecule has 15 heavy (non-hydrogen) atoms. The molecule has 0 fully saturated rings. The van der Waals surface area contributed by atoms with E-state index in [0.29, 0.717) is 5.88 Å². The van der Waals surface area contributed by atoms with E-state index in [0.717, 1.165) is 5.69 Å². The molecule has 1 atom stereocenters. The highest BCUT2D eigenvalue weighted by molar-refractivity contribution is 5.68. The molecule has 0 aliphatic carbocycles. The maximum absolute atomic E-state index is 10.4. The predicted octanol–water partition coefficient (Wildman–Crippen LogP) is 1.37. The lowest BCUT2D eigenvalue weighted by Crippen LogP contribution is -2.19. The normalized spacial score (nSPS) is 11.9. The quantitative estimate of drug-likeness (QED) is 0.767. The Labute approximate surface area is 88.1 Å². The molecular weight excluding hydrogens is 196 g/mol. The molecule has 5 nitrogen and oxygen atoms in total. The molecule has 0 saturated carbocycles. The van der Waals surface area contributed by atoms with Crippen LogP contribution in [0.4, 0.5) is 5.69 Å². The zero-order chi connectivity index (χ0) is 11.3. The Hall–Kier alpha value is -1.78. The second-order valence-corrected chi connectivity index (χ2v) is 3.23. The van der Waals surface area contributed by atoms with Crippen molar-refractivity contribution < 1.29 is 14.6 Å². The molecule has 0 saturated heterocycles. The first-order chi connectivity index (χ1) is 7.11. The van der Waals surface area contributed by atoms with Crippen LogP contribution in [0.5, 0.6) is 5.88 Å². The molecule has 0 radical (unpaired) electrons. The Balaban J connectivity index is 2.53. The largest absolute Gasteiger partial charge is 0.481 e. The van der Waals surface area contributed by atoms with E-state index in [1.807, 2.05) is 0 Å². The van der Waals surface area contributed by atoms with E-state index in [-0.39, 0.29) is 12.5 Å². The van der Waals surface area contributed by atoms with E-state index < -0.39 is 5.97 Å². The number of hydrogen-bond acceptors (Lipinski definition) is 4. The number of hydrogen-bond donors (Lipinski definition) is 2. The van der Waals surface area contributed by atoms with Crippen LogP contribution in [0.3, 0.4) is 0 Å². The fourth-order valence-electron chi connectivity index (χ4n) is 1.18. The van der Waals surface area contributed by atoms with Crippen molar-refractivity contribution in [3.8, 4) is 5.88 Å². The number of nitrogens with one attached hydrogen (secondary N) is 1. The van der Waals surface area contributed by atoms with Gasteiger partial charge < -0.3 is 15.2 Å². The smallest absolute Gasteiger partial charge is 0.305 e. The maximum Gasteiger partial charge on any atom is 0.305 e. The van der Waals surface area contributed by atoms with Gasteiger partial charge in [-0.2, -0.15) is 0 Å². The second-order valence-electron chi connectivity index (χ2n) is 3.23. The van der Waals surface area contributed by atoms with E-state index >= 15 is 0 Å². The molecule has 0 aromatic carbocycles. The number of carbonyl (C=O) groups is 1. The minimum Gasteiger partial charge on any atom is -0.481 e. The molecule has 0 aliphatic heterocycles. The molecule has 0 spiro atoms. The topological polar surface area (TPSA) is 71.5 Å². The summed E-state index contributed by atoms with van der Waals surface area (Å²) in [6.07, 6.45) is 1.68. The Bertz CT molecular complexity index is 324. The third kappa shape index (κ3) is 3.84. The number of carboxylic acid groups (broad SMARTS) is 1. The van der Waals surface area contributed by atoms with E-state index in [1.165, 1.54) is 0 Å². The second kappa shape index (κ2) is 5.19. The number of methoxy groups -OCH3 is 1. The van der Waals surface area contributed by atoms with Crippen LogP contribution < -0.4 is 10.1 Å². The van der Waals surface area contributed by atoms with Gasteiger partial charge in [0.05, 0.1) is 25.4 Å². The fraction of sp³-hybridized carbons (Fsp3) is 0.400. The molecule has 1 heterocycles. The van der Waals surface area contributed by atoms with Gasteiger partial charge in [0.1, 0.15) is 0 Å². The molecule has 0 amide bonds. The van der Waals surface area contributed by atoms with Gasteiger partial charge in [0, 0.05) is 12.1 Å². The summed E-state index contributed by atoms with van der Waals surface area (Å²) in [5.41, 5.74) is 0.782. The van der Waals surface area contributed by atoms with Crippen LogP contribution in [-0.4, -0.2) is 29.2 Å². The molecule has 1 rings (SSSR count). The number of nitrogens with zero attached hydrogens (tertiary/aromatic N) is 1. The average molecular weight is 210 g/mol. The number of rotatable bonds is 5. The Morgan fingerprint density at radius 3 is 2.87 bits per heavy atom. The van der Waals surface area contributed by atoms with Crippen LogP contribution in [0, 0.1) is 0 Å². The number of anilines is 1. The summed E-state index contributed by atoms with van der Waals surface area (Å²) in [5, 5.41) is 11.6. The van der Waals surface area contributed by atoms with Crippen molar-refractivity contribution in [1.82, 2.24) is 4.98 Å². The molecule has 2 N–H and O–H groups in total. The molecule has 1 aromatic rings. The van der Waals surface area contributed by atoms with Crippen molar-refractivity contribution in [2.24, 2.45) is 0 Å². The van der Waals surface area contributed by atoms with Crippen molar-refractivity contribution >= 4 is 11.7 Å². The first-order valence-corrected chi connectivity index (χ1v) is 4.60. The lowest BCUT2D eigenvalue weighted by atomic mass is 10.2. The summed E-state index contributed by atoms with van der Waals surface area (Å²) in [6.45, 7) is 1.80. The van der Waals surface area contributed by atoms with Crippen molar-refractivity contribution in [1.29, 1.82) is 0 Å². The van der Waals surface area contributed by atoms with Gasteiger partial charge in [-0.25, -0.2) is 4.98 Å². The average Bonchev–Trinajstić information content (AvgIpc) is 2.17. The third-order valence-electron chi connectivity index (χ3n) is 1.84. The maximum atomic E-state index is 10.4. The van der Waals surface area contributed by atoms with Crippen molar-refractivity contribution in [2.45, 2.75) is 19.4 Å². The van der Waals surface area contributed by atoms with Crippen LogP contribution >= 0.6 is 0 Å². The summed E-state index contributed by atoms with van der Waals surface area (Å²) in [7, 11) is 1.54. The highest BCUT2D eigenvalue weighted by atomic mass is 16.5. The van der Waals surface area contributed by atoms with Gasteiger partial charge in [0.15, 0.2) is 0 Å². The zero-order valence-corrected chi connectivity index (χ0v) is 8.73. The number of ether oxygens (including phenoxy) is 1. The SMILES string of the molecule is COc1ccc(NC(C)CC(=O)O)cn1. The van der Waals surface area contributed by atoms with E-state index in [2.05, 4.69) is 10.3 Å². The lowest BCUT2D eigenvalue weighted by molar-refractivity contribution is -0.137. The van der Waals surface area contributed by atoms with E-state index in [1.54, 1.807) is 32.4 Å². The standard InChI is InChI=1S/C10H14N2O3/c1-7(5-10(13)14)12-8-3-4-9(15-2)11-6-8/h3-4,6-7,12H,5H2,1-2H3,(H,13,14). The number of pyridine rings is 1. The fourth-order valence-corrected chi connectivity index (χ4v) is 1.18. The van der Waals surface area contributed by atoms with Gasteiger partial charge in [0.2, 0.25) is 5.88 Å². The highest BCUT2D eigenvalue weighted by Gasteiger charge is 2.07. The first kappa shape index (κ1) is 11.3. The Morgan fingerprint density at radius 2 is 2.40 bits per heavy atom. The van der Waals surface area contributed by atoms with Gasteiger partial charge in [-0.1, -0.05) is 0 Å². The van der Waals surface area contributed by atoms with Gasteiger partial charge in [-0.3, -0.25) is 4.79 Å². The summed E-state index contributed by atoms with van der Waals surface area (Å²) >= 11 is 0. The number of aromatic nitrogens is 1.